The van der Waals surface area contributed by atoms with Gasteiger partial charge in [0.25, 0.3) is 0 Å². The lowest BCUT2D eigenvalue weighted by molar-refractivity contribution is 1.21. The van der Waals surface area contributed by atoms with Gasteiger partial charge in [0, 0.05) is 12.7 Å². The van der Waals surface area contributed by atoms with Crippen LogP contribution in [0.25, 0.3) is 0 Å². The highest BCUT2D eigenvalue weighted by Crippen LogP contribution is 2.35. The monoisotopic (exact) mass is 291 g/mol. The van der Waals surface area contributed by atoms with Crippen molar-refractivity contribution in [3.63, 3.8) is 0 Å². The molecule has 0 fully saturated rings. The van der Waals surface area contributed by atoms with Crippen molar-refractivity contribution in [2.75, 3.05) is 17.7 Å². The van der Waals surface area contributed by atoms with Crippen molar-refractivity contribution in [1.29, 1.82) is 5.26 Å². The van der Waals surface area contributed by atoms with Gasteiger partial charge in [-0.25, -0.2) is 0 Å². The Morgan fingerprint density at radius 2 is 1.84 bits per heavy atom. The number of nitrogen functional groups attached to an aromatic ring is 1. The summed E-state index contributed by atoms with van der Waals surface area (Å²) in [6, 6.07) is 12.7. The van der Waals surface area contributed by atoms with Crippen molar-refractivity contribution in [2.45, 2.75) is 0 Å². The van der Waals surface area contributed by atoms with Crippen LogP contribution in [0.5, 0.6) is 0 Å². The van der Waals surface area contributed by atoms with Gasteiger partial charge < -0.3 is 10.6 Å². The molecule has 0 aliphatic heterocycles. The topological polar surface area (TPSA) is 53.0 Å². The molecule has 2 aromatic rings. The summed E-state index contributed by atoms with van der Waals surface area (Å²) < 4.78 is 0. The average molecular weight is 292 g/mol. The number of benzene rings is 2. The summed E-state index contributed by atoms with van der Waals surface area (Å²) >= 11 is 11.9. The zero-order valence-corrected chi connectivity index (χ0v) is 11.7. The van der Waals surface area contributed by atoms with E-state index >= 15 is 0 Å². The SMILES string of the molecule is CN(c1cccc(C#N)c1)c1cc(Cl)c(Cl)cc1N. The second-order valence-electron chi connectivity index (χ2n) is 4.05. The molecule has 0 atom stereocenters. The normalized spacial score (nSPS) is 10.0. The fourth-order valence-electron chi connectivity index (χ4n) is 1.77. The Kier molecular flexibility index (Phi) is 3.84. The summed E-state index contributed by atoms with van der Waals surface area (Å²) in [5, 5.41) is 9.78. The van der Waals surface area contributed by atoms with Gasteiger partial charge in [-0.15, -0.1) is 0 Å². The Morgan fingerprint density at radius 1 is 1.16 bits per heavy atom. The van der Waals surface area contributed by atoms with Crippen molar-refractivity contribution >= 4 is 40.3 Å². The molecule has 0 saturated carbocycles. The maximum Gasteiger partial charge on any atom is 0.0992 e. The van der Waals surface area contributed by atoms with E-state index < -0.39 is 0 Å². The van der Waals surface area contributed by atoms with Gasteiger partial charge in [-0.1, -0.05) is 29.3 Å². The van der Waals surface area contributed by atoms with Crippen molar-refractivity contribution in [2.24, 2.45) is 0 Å². The van der Waals surface area contributed by atoms with Gasteiger partial charge >= 0.3 is 0 Å². The minimum Gasteiger partial charge on any atom is -0.397 e. The van der Waals surface area contributed by atoms with Crippen molar-refractivity contribution in [1.82, 2.24) is 0 Å². The molecule has 2 rings (SSSR count). The number of nitriles is 1. The first kappa shape index (κ1) is 13.5. The molecule has 0 aliphatic carbocycles. The maximum absolute atomic E-state index is 8.92. The molecule has 19 heavy (non-hydrogen) atoms. The van der Waals surface area contributed by atoms with Crippen LogP contribution in [0.1, 0.15) is 5.56 Å². The van der Waals surface area contributed by atoms with Gasteiger partial charge in [-0.05, 0) is 30.3 Å². The van der Waals surface area contributed by atoms with Crippen molar-refractivity contribution in [3.05, 3.63) is 52.0 Å². The summed E-state index contributed by atoms with van der Waals surface area (Å²) in [5.41, 5.74) is 8.65. The van der Waals surface area contributed by atoms with E-state index in [-0.39, 0.29) is 0 Å². The Morgan fingerprint density at radius 3 is 2.53 bits per heavy atom. The van der Waals surface area contributed by atoms with Crippen molar-refractivity contribution < 1.29 is 0 Å². The molecule has 3 nitrogen and oxygen atoms in total. The fraction of sp³-hybridized carbons (Fsp3) is 0.0714. The number of hydrogen-bond acceptors (Lipinski definition) is 3. The number of anilines is 3. The Hall–Kier alpha value is -1.89. The molecule has 5 heteroatoms. The zero-order valence-electron chi connectivity index (χ0n) is 10.2. The third kappa shape index (κ3) is 2.76. The molecule has 0 heterocycles. The summed E-state index contributed by atoms with van der Waals surface area (Å²) in [6.07, 6.45) is 0. The summed E-state index contributed by atoms with van der Waals surface area (Å²) in [5.74, 6) is 0. The van der Waals surface area contributed by atoms with E-state index in [1.807, 2.05) is 24.1 Å². The molecule has 0 aromatic heterocycles. The van der Waals surface area contributed by atoms with Gasteiger partial charge in [-0.2, -0.15) is 5.26 Å². The molecule has 0 aliphatic rings. The smallest absolute Gasteiger partial charge is 0.0992 e. The molecule has 0 bridgehead atoms. The number of nitrogens with two attached hydrogens (primary N) is 1. The van der Waals surface area contributed by atoms with E-state index in [1.54, 1.807) is 24.3 Å². The highest BCUT2D eigenvalue weighted by Gasteiger charge is 2.11. The van der Waals surface area contributed by atoms with Crippen molar-refractivity contribution in [3.8, 4) is 6.07 Å². The van der Waals surface area contributed by atoms with Gasteiger partial charge in [0.15, 0.2) is 0 Å². The third-order valence-electron chi connectivity index (χ3n) is 2.79. The average Bonchev–Trinajstić information content (AvgIpc) is 2.42. The number of rotatable bonds is 2. The fourth-order valence-corrected chi connectivity index (χ4v) is 2.10. The first-order valence-electron chi connectivity index (χ1n) is 5.51. The maximum atomic E-state index is 8.92. The quantitative estimate of drug-likeness (QED) is 0.843. The van der Waals surface area contributed by atoms with E-state index in [0.29, 0.717) is 21.3 Å². The van der Waals surface area contributed by atoms with Crippen LogP contribution in [0.4, 0.5) is 17.1 Å². The largest absolute Gasteiger partial charge is 0.397 e. The lowest BCUT2D eigenvalue weighted by atomic mass is 10.2. The van der Waals surface area contributed by atoms with E-state index in [9.17, 15) is 0 Å². The van der Waals surface area contributed by atoms with E-state index in [2.05, 4.69) is 6.07 Å². The van der Waals surface area contributed by atoms with Crippen LogP contribution < -0.4 is 10.6 Å². The highest BCUT2D eigenvalue weighted by atomic mass is 35.5. The number of hydrogen-bond donors (Lipinski definition) is 1. The number of halogens is 2. The lowest BCUT2D eigenvalue weighted by Gasteiger charge is -2.22. The predicted octanol–water partition coefficient (Wildman–Crippen LogP) is 4.22. The van der Waals surface area contributed by atoms with Crippen LogP contribution in [0.3, 0.4) is 0 Å². The molecule has 0 amide bonds. The molecule has 2 N–H and O–H groups in total. The summed E-state index contributed by atoms with van der Waals surface area (Å²) in [4.78, 5) is 1.86. The first-order chi connectivity index (χ1) is 9.02. The van der Waals surface area contributed by atoms with Crippen LogP contribution in [-0.4, -0.2) is 7.05 Å². The molecule has 0 radical (unpaired) electrons. The molecule has 0 saturated heterocycles. The van der Waals surface area contributed by atoms with E-state index in [1.165, 1.54) is 0 Å². The van der Waals surface area contributed by atoms with Gasteiger partial charge in [-0.3, -0.25) is 0 Å². The second kappa shape index (κ2) is 5.40. The highest BCUT2D eigenvalue weighted by molar-refractivity contribution is 6.42. The van der Waals surface area contributed by atoms with Crippen LogP contribution in [0.2, 0.25) is 10.0 Å². The number of nitrogens with zero attached hydrogens (tertiary/aromatic N) is 2. The molecule has 0 spiro atoms. The minimum atomic E-state index is 0.419. The minimum absolute atomic E-state index is 0.419. The van der Waals surface area contributed by atoms with Gasteiger partial charge in [0.05, 0.1) is 33.1 Å². The summed E-state index contributed by atoms with van der Waals surface area (Å²) in [6.45, 7) is 0. The Labute approximate surface area is 121 Å². The van der Waals surface area contributed by atoms with Crippen LogP contribution >= 0.6 is 23.2 Å². The van der Waals surface area contributed by atoms with E-state index in [4.69, 9.17) is 34.2 Å². The lowest BCUT2D eigenvalue weighted by Crippen LogP contribution is -2.11. The molecule has 96 valence electrons. The van der Waals surface area contributed by atoms with Crippen LogP contribution in [0.15, 0.2) is 36.4 Å². The zero-order chi connectivity index (χ0) is 14.0. The van der Waals surface area contributed by atoms with Gasteiger partial charge in [0.1, 0.15) is 0 Å². The molecule has 0 unspecified atom stereocenters. The molecular weight excluding hydrogens is 281 g/mol. The van der Waals surface area contributed by atoms with Crippen LogP contribution in [0, 0.1) is 11.3 Å². The van der Waals surface area contributed by atoms with Gasteiger partial charge in [0.2, 0.25) is 0 Å². The van der Waals surface area contributed by atoms with Crippen LogP contribution in [-0.2, 0) is 0 Å². The third-order valence-corrected chi connectivity index (χ3v) is 3.52. The Balaban J connectivity index is 2.47. The second-order valence-corrected chi connectivity index (χ2v) is 4.86. The predicted molar refractivity (Wildman–Crippen MR) is 80.1 cm³/mol. The Bertz CT molecular complexity index is 662. The first-order valence-corrected chi connectivity index (χ1v) is 6.27. The molecular formula is C14H11Cl2N3. The standard InChI is InChI=1S/C14H11Cl2N3/c1-19(10-4-2-3-9(5-10)8-17)14-7-12(16)11(15)6-13(14)18/h2-7H,18H2,1H3. The summed E-state index contributed by atoms with van der Waals surface area (Å²) in [7, 11) is 1.85. The van der Waals surface area contributed by atoms with E-state index in [0.717, 1.165) is 11.4 Å². The molecule has 2 aromatic carbocycles.